The molecule has 0 aliphatic rings. The van der Waals surface area contributed by atoms with Gasteiger partial charge in [0.1, 0.15) is 5.82 Å². The number of aryl methyl sites for hydroxylation is 2. The van der Waals surface area contributed by atoms with Crippen molar-refractivity contribution in [1.82, 2.24) is 19.3 Å². The van der Waals surface area contributed by atoms with Crippen LogP contribution in [-0.2, 0) is 0 Å². The molecule has 3 heterocycles. The van der Waals surface area contributed by atoms with Gasteiger partial charge in [-0.2, -0.15) is 5.10 Å². The van der Waals surface area contributed by atoms with Gasteiger partial charge in [0.2, 0.25) is 0 Å². The molecule has 0 saturated heterocycles. The van der Waals surface area contributed by atoms with Crippen molar-refractivity contribution in [2.75, 3.05) is 0 Å². The second kappa shape index (κ2) is 10.9. The van der Waals surface area contributed by atoms with Gasteiger partial charge in [-0.25, -0.2) is 9.67 Å². The average Bonchev–Trinajstić information content (AvgIpc) is 3.62. The first kappa shape index (κ1) is 27.1. The minimum atomic E-state index is -2.84. The molecule has 0 fully saturated rings. The molecule has 0 bridgehead atoms. The molecule has 0 amide bonds. The lowest BCUT2D eigenvalue weighted by Crippen LogP contribution is -2.74. The minimum Gasteiger partial charge on any atom is -0.294 e. The van der Waals surface area contributed by atoms with Crippen molar-refractivity contribution in [2.45, 2.75) is 13.8 Å². The first-order valence-electron chi connectivity index (χ1n) is 15.3. The van der Waals surface area contributed by atoms with E-state index in [0.29, 0.717) is 0 Å². The van der Waals surface area contributed by atoms with E-state index in [9.17, 15) is 0 Å². The molecule has 216 valence electrons. The summed E-state index contributed by atoms with van der Waals surface area (Å²) < 4.78 is 4.38. The normalized spacial score (nSPS) is 11.8. The van der Waals surface area contributed by atoms with Gasteiger partial charge in [0, 0.05) is 22.7 Å². The zero-order chi connectivity index (χ0) is 30.4. The number of pyridine rings is 1. The number of aromatic nitrogens is 4. The number of hydrogen-bond acceptors (Lipinski definition) is 2. The average molecular weight is 597 g/mol. The summed E-state index contributed by atoms with van der Waals surface area (Å²) in [6.07, 6.45) is 1.87. The molecule has 0 N–H and O–H groups in total. The van der Waals surface area contributed by atoms with E-state index in [-0.39, 0.29) is 0 Å². The molecule has 0 radical (unpaired) electrons. The first-order valence-corrected chi connectivity index (χ1v) is 17.3. The smallest absolute Gasteiger partial charge is 0.179 e. The minimum absolute atomic E-state index is 0.916. The molecule has 8 rings (SSSR count). The van der Waals surface area contributed by atoms with Crippen LogP contribution in [0.15, 0.2) is 158 Å². The molecule has 0 unspecified atom stereocenters. The van der Waals surface area contributed by atoms with Gasteiger partial charge in [-0.05, 0) is 77.1 Å². The summed E-state index contributed by atoms with van der Waals surface area (Å²) in [6.45, 7) is 4.17. The van der Waals surface area contributed by atoms with Crippen LogP contribution in [0.25, 0.3) is 33.3 Å². The van der Waals surface area contributed by atoms with E-state index in [1.54, 1.807) is 0 Å². The van der Waals surface area contributed by atoms with Crippen molar-refractivity contribution in [3.05, 3.63) is 169 Å². The molecule has 5 heteroatoms. The number of fused-ring (bicyclic) bond motifs is 3. The Labute approximate surface area is 263 Å². The fraction of sp³-hybridized carbons (Fsp3) is 0.0500. The van der Waals surface area contributed by atoms with Crippen molar-refractivity contribution in [2.24, 2.45) is 0 Å². The lowest BCUT2D eigenvalue weighted by Gasteiger charge is -2.34. The largest absolute Gasteiger partial charge is 0.294 e. The Hall–Kier alpha value is -5.52. The highest BCUT2D eigenvalue weighted by Gasteiger charge is 2.42. The van der Waals surface area contributed by atoms with Gasteiger partial charge in [-0.1, -0.05) is 109 Å². The van der Waals surface area contributed by atoms with Crippen LogP contribution in [-0.4, -0.2) is 27.4 Å². The summed E-state index contributed by atoms with van der Waals surface area (Å²) in [5.41, 5.74) is 5.52. The van der Waals surface area contributed by atoms with Gasteiger partial charge in [-0.3, -0.25) is 4.57 Å². The SMILES string of the molecule is Cc1cc(C)n(-c2cccc([Si](c3ccccc3)(c3ccccc3)c3ccc4c5ccccc5n(-c5ccccn5)c4c3)c2)n1. The van der Waals surface area contributed by atoms with Gasteiger partial charge in [0.25, 0.3) is 0 Å². The van der Waals surface area contributed by atoms with Gasteiger partial charge >= 0.3 is 0 Å². The Balaban J connectivity index is 1.49. The fourth-order valence-corrected chi connectivity index (χ4v) is 11.9. The van der Waals surface area contributed by atoms with E-state index >= 15 is 0 Å². The van der Waals surface area contributed by atoms with Gasteiger partial charge in [0.15, 0.2) is 8.07 Å². The Morgan fingerprint density at radius 2 is 1.16 bits per heavy atom. The maximum Gasteiger partial charge on any atom is 0.179 e. The molecule has 3 aromatic heterocycles. The molecule has 0 saturated carbocycles. The third kappa shape index (κ3) is 4.35. The highest BCUT2D eigenvalue weighted by molar-refractivity contribution is 7.20. The van der Waals surface area contributed by atoms with Crippen LogP contribution in [0, 0.1) is 13.8 Å². The van der Waals surface area contributed by atoms with Crippen LogP contribution in [0.1, 0.15) is 11.4 Å². The van der Waals surface area contributed by atoms with E-state index in [1.807, 2.05) is 12.3 Å². The Morgan fingerprint density at radius 1 is 0.511 bits per heavy atom. The summed E-state index contributed by atoms with van der Waals surface area (Å²) in [5.74, 6) is 0.916. The number of nitrogens with zero attached hydrogens (tertiary/aromatic N) is 4. The molecule has 4 nitrogen and oxygen atoms in total. The highest BCUT2D eigenvalue weighted by atomic mass is 28.3. The van der Waals surface area contributed by atoms with E-state index in [1.165, 1.54) is 31.5 Å². The number of hydrogen-bond donors (Lipinski definition) is 0. The Kier molecular flexibility index (Phi) is 6.54. The summed E-state index contributed by atoms with van der Waals surface area (Å²) in [5, 5.41) is 12.6. The van der Waals surface area contributed by atoms with Crippen molar-refractivity contribution < 1.29 is 0 Å². The summed E-state index contributed by atoms with van der Waals surface area (Å²) in [4.78, 5) is 4.81. The van der Waals surface area contributed by atoms with E-state index in [2.05, 4.69) is 169 Å². The monoisotopic (exact) mass is 596 g/mol. The maximum absolute atomic E-state index is 4.85. The van der Waals surface area contributed by atoms with Gasteiger partial charge < -0.3 is 0 Å². The molecular weight excluding hydrogens is 565 g/mol. The van der Waals surface area contributed by atoms with Crippen molar-refractivity contribution in [3.63, 3.8) is 0 Å². The lowest BCUT2D eigenvalue weighted by atomic mass is 10.1. The van der Waals surface area contributed by atoms with Gasteiger partial charge in [0.05, 0.1) is 22.4 Å². The fourth-order valence-electron chi connectivity index (χ4n) is 7.07. The Bertz CT molecular complexity index is 2250. The van der Waals surface area contributed by atoms with Crippen LogP contribution < -0.4 is 20.7 Å². The third-order valence-corrected chi connectivity index (χ3v) is 13.7. The Morgan fingerprint density at radius 3 is 1.84 bits per heavy atom. The lowest BCUT2D eigenvalue weighted by molar-refractivity contribution is 0.834. The van der Waals surface area contributed by atoms with Crippen molar-refractivity contribution in [1.29, 1.82) is 0 Å². The summed E-state index contributed by atoms with van der Waals surface area (Å²) in [7, 11) is -2.84. The van der Waals surface area contributed by atoms with E-state index in [0.717, 1.165) is 33.9 Å². The summed E-state index contributed by atoms with van der Waals surface area (Å²) in [6, 6.07) is 55.3. The number of benzene rings is 5. The van der Waals surface area contributed by atoms with Crippen molar-refractivity contribution >= 4 is 50.6 Å². The predicted octanol–water partition coefficient (Wildman–Crippen LogP) is 6.36. The molecule has 45 heavy (non-hydrogen) atoms. The van der Waals surface area contributed by atoms with Gasteiger partial charge in [-0.15, -0.1) is 0 Å². The second-order valence-corrected chi connectivity index (χ2v) is 15.5. The third-order valence-electron chi connectivity index (χ3n) is 8.93. The zero-order valence-corrected chi connectivity index (χ0v) is 26.3. The van der Waals surface area contributed by atoms with Crippen LogP contribution >= 0.6 is 0 Å². The van der Waals surface area contributed by atoms with E-state index < -0.39 is 8.07 Å². The predicted molar refractivity (Wildman–Crippen MR) is 189 cm³/mol. The first-order chi connectivity index (χ1) is 22.1. The van der Waals surface area contributed by atoms with Crippen LogP contribution in [0.4, 0.5) is 0 Å². The molecule has 5 aromatic carbocycles. The number of rotatable bonds is 6. The van der Waals surface area contributed by atoms with Crippen LogP contribution in [0.3, 0.4) is 0 Å². The standard InChI is InChI=1S/C40H32N4Si/c1-29-26-30(2)44(42-29)31-14-13-19-34(27-31)45(32-15-5-3-6-16-32,33-17-7-4-8-18-33)35-23-24-37-36-20-9-10-21-38(36)43(39(37)28-35)40-22-11-12-25-41-40/h3-28H,1-2H3. The quantitative estimate of drug-likeness (QED) is 0.166. The topological polar surface area (TPSA) is 35.6 Å². The van der Waals surface area contributed by atoms with Crippen LogP contribution in [0.5, 0.6) is 0 Å². The van der Waals surface area contributed by atoms with Crippen LogP contribution in [0.2, 0.25) is 0 Å². The molecule has 8 aromatic rings. The van der Waals surface area contributed by atoms with Crippen molar-refractivity contribution in [3.8, 4) is 11.5 Å². The molecular formula is C40H32N4Si. The zero-order valence-electron chi connectivity index (χ0n) is 25.3. The molecule has 0 aliphatic carbocycles. The molecule has 0 atom stereocenters. The second-order valence-electron chi connectivity index (χ2n) is 11.6. The molecule has 0 spiro atoms. The maximum atomic E-state index is 4.85. The molecule has 0 aliphatic heterocycles. The summed E-state index contributed by atoms with van der Waals surface area (Å²) >= 11 is 0. The van der Waals surface area contributed by atoms with E-state index in [4.69, 9.17) is 10.1 Å². The highest BCUT2D eigenvalue weighted by Crippen LogP contribution is 2.31. The number of para-hydroxylation sites is 1.